The third-order valence-corrected chi connectivity index (χ3v) is 5.48. The zero-order valence-corrected chi connectivity index (χ0v) is 13.3. The first-order valence-corrected chi connectivity index (χ1v) is 8.71. The number of nitrogens with zero attached hydrogens (tertiary/aromatic N) is 2. The van der Waals surface area contributed by atoms with Gasteiger partial charge in [0.2, 0.25) is 10.0 Å². The fraction of sp³-hybridized carbons (Fsp3) is 0.467. The van der Waals surface area contributed by atoms with Gasteiger partial charge in [0.15, 0.2) is 0 Å². The van der Waals surface area contributed by atoms with E-state index in [2.05, 4.69) is 0 Å². The molecule has 1 aromatic carbocycles. The highest BCUT2D eigenvalue weighted by Crippen LogP contribution is 2.21. The number of hydrogen-bond acceptors (Lipinski definition) is 5. The molecule has 1 aromatic rings. The first-order chi connectivity index (χ1) is 10.9. The van der Waals surface area contributed by atoms with E-state index in [-0.39, 0.29) is 36.1 Å². The van der Waals surface area contributed by atoms with Gasteiger partial charge in [0.05, 0.1) is 22.6 Å². The zero-order valence-electron chi connectivity index (χ0n) is 12.5. The van der Waals surface area contributed by atoms with Gasteiger partial charge in [-0.1, -0.05) is 6.07 Å². The van der Waals surface area contributed by atoms with Crippen molar-refractivity contribution in [2.75, 3.05) is 19.7 Å². The van der Waals surface area contributed by atoms with Gasteiger partial charge in [-0.3, -0.25) is 0 Å². The summed E-state index contributed by atoms with van der Waals surface area (Å²) in [7, 11) is -3.88. The molecule has 0 spiro atoms. The van der Waals surface area contributed by atoms with Crippen molar-refractivity contribution < 1.29 is 23.1 Å². The van der Waals surface area contributed by atoms with E-state index in [1.165, 1.54) is 22.5 Å². The lowest BCUT2D eigenvalue weighted by Crippen LogP contribution is -2.38. The van der Waals surface area contributed by atoms with Gasteiger partial charge < -0.3 is 9.84 Å². The Morgan fingerprint density at radius 1 is 1.48 bits per heavy atom. The number of hydrogen-bond donors (Lipinski definition) is 1. The Morgan fingerprint density at radius 3 is 2.87 bits per heavy atom. The number of carboxylic acid groups (broad SMARTS) is 1. The molecule has 1 aliphatic rings. The maximum absolute atomic E-state index is 12.8. The van der Waals surface area contributed by atoms with Gasteiger partial charge in [-0.2, -0.15) is 9.57 Å². The Morgan fingerprint density at radius 2 is 2.26 bits per heavy atom. The van der Waals surface area contributed by atoms with Crippen LogP contribution in [-0.2, 0) is 14.8 Å². The fourth-order valence-electron chi connectivity index (χ4n) is 2.44. The summed E-state index contributed by atoms with van der Waals surface area (Å²) in [5, 5.41) is 17.8. The predicted octanol–water partition coefficient (Wildman–Crippen LogP) is 1.47. The predicted molar refractivity (Wildman–Crippen MR) is 81.4 cm³/mol. The molecule has 1 N–H and O–H groups in total. The van der Waals surface area contributed by atoms with E-state index in [9.17, 15) is 13.2 Å². The van der Waals surface area contributed by atoms with Gasteiger partial charge in [0.25, 0.3) is 0 Å². The van der Waals surface area contributed by atoms with E-state index in [0.717, 1.165) is 18.9 Å². The topological polar surface area (TPSA) is 108 Å². The lowest BCUT2D eigenvalue weighted by atomic mass is 10.2. The number of sulfonamides is 1. The normalized spacial score (nSPS) is 18.0. The monoisotopic (exact) mass is 338 g/mol. The summed E-state index contributed by atoms with van der Waals surface area (Å²) in [6.07, 6.45) is 1.52. The molecule has 0 aliphatic carbocycles. The van der Waals surface area contributed by atoms with Crippen LogP contribution in [0.1, 0.15) is 29.6 Å². The second-order valence-electron chi connectivity index (χ2n) is 5.24. The molecule has 1 heterocycles. The molecule has 2 rings (SSSR count). The average Bonchev–Trinajstić information content (AvgIpc) is 3.04. The molecule has 0 radical (unpaired) electrons. The first-order valence-electron chi connectivity index (χ1n) is 7.27. The van der Waals surface area contributed by atoms with E-state index in [4.69, 9.17) is 15.1 Å². The number of carbonyl (C=O) groups is 1. The van der Waals surface area contributed by atoms with Crippen LogP contribution in [0, 0.1) is 11.3 Å². The van der Waals surface area contributed by atoms with Gasteiger partial charge in [-0.05, 0) is 31.0 Å². The quantitative estimate of drug-likeness (QED) is 0.806. The van der Waals surface area contributed by atoms with Crippen molar-refractivity contribution in [3.05, 3.63) is 29.8 Å². The van der Waals surface area contributed by atoms with Crippen LogP contribution in [0.25, 0.3) is 0 Å². The van der Waals surface area contributed by atoms with Crippen LogP contribution >= 0.6 is 0 Å². The molecule has 1 saturated heterocycles. The summed E-state index contributed by atoms with van der Waals surface area (Å²) >= 11 is 0. The molecule has 1 fully saturated rings. The Balaban J connectivity index is 2.28. The van der Waals surface area contributed by atoms with Crippen LogP contribution in [0.15, 0.2) is 29.2 Å². The van der Waals surface area contributed by atoms with Crippen molar-refractivity contribution in [2.45, 2.75) is 30.3 Å². The minimum absolute atomic E-state index is 0.0516. The number of nitriles is 1. The van der Waals surface area contributed by atoms with E-state index in [1.54, 1.807) is 0 Å². The van der Waals surface area contributed by atoms with Crippen molar-refractivity contribution in [2.24, 2.45) is 0 Å². The van der Waals surface area contributed by atoms with E-state index in [0.29, 0.717) is 6.61 Å². The van der Waals surface area contributed by atoms with Gasteiger partial charge in [0.1, 0.15) is 0 Å². The van der Waals surface area contributed by atoms with Crippen molar-refractivity contribution in [1.82, 2.24) is 4.31 Å². The van der Waals surface area contributed by atoms with Crippen LogP contribution in [-0.4, -0.2) is 49.6 Å². The van der Waals surface area contributed by atoms with Crippen LogP contribution in [0.2, 0.25) is 0 Å². The number of rotatable bonds is 7. The molecule has 1 atom stereocenters. The molecular weight excluding hydrogens is 320 g/mol. The van der Waals surface area contributed by atoms with E-state index < -0.39 is 16.0 Å². The Hall–Kier alpha value is -1.95. The average molecular weight is 338 g/mol. The molecule has 0 amide bonds. The maximum atomic E-state index is 12.8. The summed E-state index contributed by atoms with van der Waals surface area (Å²) in [5.41, 5.74) is -0.0941. The maximum Gasteiger partial charge on any atom is 0.335 e. The smallest absolute Gasteiger partial charge is 0.335 e. The second-order valence-corrected chi connectivity index (χ2v) is 7.18. The molecule has 8 heteroatoms. The van der Waals surface area contributed by atoms with Gasteiger partial charge in [-0.15, -0.1) is 0 Å². The molecule has 0 bridgehead atoms. The van der Waals surface area contributed by atoms with Crippen molar-refractivity contribution >= 4 is 16.0 Å². The summed E-state index contributed by atoms with van der Waals surface area (Å²) < 4.78 is 32.2. The molecular formula is C15H18N2O5S. The van der Waals surface area contributed by atoms with Crippen LogP contribution in [0.3, 0.4) is 0 Å². The molecule has 0 aromatic heterocycles. The standard InChI is InChI=1S/C15H18N2O5S/c16-7-3-8-17(11-13-5-2-9-22-13)23(20,21)14-6-1-4-12(10-14)15(18)19/h1,4,6,10,13H,2-3,5,8-9,11H2,(H,18,19). The highest BCUT2D eigenvalue weighted by molar-refractivity contribution is 7.89. The highest BCUT2D eigenvalue weighted by Gasteiger charge is 2.29. The fourth-order valence-corrected chi connectivity index (χ4v) is 3.96. The lowest BCUT2D eigenvalue weighted by Gasteiger charge is -2.24. The third kappa shape index (κ3) is 4.28. The van der Waals surface area contributed by atoms with Gasteiger partial charge in [0, 0.05) is 26.1 Å². The van der Waals surface area contributed by atoms with E-state index in [1.807, 2.05) is 6.07 Å². The number of carboxylic acids is 1. The summed E-state index contributed by atoms with van der Waals surface area (Å²) in [6.45, 7) is 0.822. The highest BCUT2D eigenvalue weighted by atomic mass is 32.2. The number of aromatic carboxylic acids is 1. The molecule has 23 heavy (non-hydrogen) atoms. The van der Waals surface area contributed by atoms with Gasteiger partial charge >= 0.3 is 5.97 Å². The summed E-state index contributed by atoms with van der Waals surface area (Å²) in [6, 6.07) is 7.15. The Bertz CT molecular complexity index is 705. The molecule has 1 aliphatic heterocycles. The Labute approximate surface area is 135 Å². The van der Waals surface area contributed by atoms with Crippen molar-refractivity contribution in [1.29, 1.82) is 5.26 Å². The minimum Gasteiger partial charge on any atom is -0.478 e. The van der Waals surface area contributed by atoms with Gasteiger partial charge in [-0.25, -0.2) is 13.2 Å². The number of ether oxygens (including phenoxy) is 1. The Kier molecular flexibility index (Phi) is 5.71. The largest absolute Gasteiger partial charge is 0.478 e. The lowest BCUT2D eigenvalue weighted by molar-refractivity contribution is 0.0696. The first kappa shape index (κ1) is 17.4. The third-order valence-electron chi connectivity index (χ3n) is 3.62. The molecule has 7 nitrogen and oxygen atoms in total. The van der Waals surface area contributed by atoms with E-state index >= 15 is 0 Å². The number of benzene rings is 1. The SMILES string of the molecule is N#CCCN(CC1CCCO1)S(=O)(=O)c1cccc(C(=O)O)c1. The van der Waals surface area contributed by atoms with Crippen LogP contribution < -0.4 is 0 Å². The summed E-state index contributed by atoms with van der Waals surface area (Å²) in [4.78, 5) is 10.9. The van der Waals surface area contributed by atoms with Crippen LogP contribution in [0.5, 0.6) is 0 Å². The van der Waals surface area contributed by atoms with Crippen molar-refractivity contribution in [3.8, 4) is 6.07 Å². The molecule has 0 saturated carbocycles. The van der Waals surface area contributed by atoms with Crippen LogP contribution in [0.4, 0.5) is 0 Å². The molecule has 1 unspecified atom stereocenters. The molecule has 124 valence electrons. The summed E-state index contributed by atoms with van der Waals surface area (Å²) in [5.74, 6) is -1.19. The zero-order chi connectivity index (χ0) is 16.9. The minimum atomic E-state index is -3.88. The second kappa shape index (κ2) is 7.55. The van der Waals surface area contributed by atoms with Crippen molar-refractivity contribution in [3.63, 3.8) is 0 Å².